The molecule has 0 aromatic heterocycles. The van der Waals surface area contributed by atoms with Crippen LogP contribution in [0, 0.1) is 5.41 Å². The standard InChI is InChI=1S/C11H12BrNO3/c1-15-11(14)10(13)16-7-9-5-3-2-4-8(9)6-12/h2-5,13H,6-7H2,1H3. The van der Waals surface area contributed by atoms with Crippen LogP contribution in [0.25, 0.3) is 0 Å². The first-order valence-corrected chi connectivity index (χ1v) is 5.73. The number of carbonyl (C=O) groups excluding carboxylic acids is 1. The van der Waals surface area contributed by atoms with Gasteiger partial charge in [0, 0.05) is 5.33 Å². The van der Waals surface area contributed by atoms with Gasteiger partial charge in [-0.05, 0) is 11.1 Å². The highest BCUT2D eigenvalue weighted by Crippen LogP contribution is 2.13. The molecule has 0 aliphatic rings. The molecule has 0 aliphatic carbocycles. The molecule has 86 valence electrons. The highest BCUT2D eigenvalue weighted by molar-refractivity contribution is 9.08. The van der Waals surface area contributed by atoms with E-state index in [4.69, 9.17) is 10.1 Å². The van der Waals surface area contributed by atoms with E-state index in [9.17, 15) is 4.79 Å². The van der Waals surface area contributed by atoms with E-state index in [2.05, 4.69) is 20.7 Å². The number of alkyl halides is 1. The van der Waals surface area contributed by atoms with Gasteiger partial charge in [-0.2, -0.15) is 0 Å². The highest BCUT2D eigenvalue weighted by Gasteiger charge is 2.11. The minimum absolute atomic E-state index is 0.190. The second-order valence-electron chi connectivity index (χ2n) is 3.01. The molecule has 0 saturated heterocycles. The fourth-order valence-corrected chi connectivity index (χ4v) is 1.68. The Hall–Kier alpha value is -1.36. The maximum atomic E-state index is 10.9. The zero-order valence-electron chi connectivity index (χ0n) is 8.83. The molecule has 1 rings (SSSR count). The largest absolute Gasteiger partial charge is 0.468 e. The summed E-state index contributed by atoms with van der Waals surface area (Å²) < 4.78 is 9.37. The molecule has 0 saturated carbocycles. The van der Waals surface area contributed by atoms with E-state index in [0.29, 0.717) is 5.33 Å². The number of halogens is 1. The van der Waals surface area contributed by atoms with Gasteiger partial charge in [-0.1, -0.05) is 40.2 Å². The Kier molecular flexibility index (Phi) is 4.98. The molecule has 1 aromatic rings. The number of rotatable bonds is 3. The normalized spacial score (nSPS) is 9.62. The number of hydrogen-bond donors (Lipinski definition) is 1. The molecule has 1 N–H and O–H groups in total. The fourth-order valence-electron chi connectivity index (χ4n) is 1.13. The molecule has 5 heteroatoms. The summed E-state index contributed by atoms with van der Waals surface area (Å²) in [6, 6.07) is 7.65. The average molecular weight is 286 g/mol. The van der Waals surface area contributed by atoms with Gasteiger partial charge in [0.25, 0.3) is 5.90 Å². The van der Waals surface area contributed by atoms with Crippen molar-refractivity contribution in [3.05, 3.63) is 35.4 Å². The van der Waals surface area contributed by atoms with E-state index in [0.717, 1.165) is 11.1 Å². The quantitative estimate of drug-likeness (QED) is 0.401. The monoisotopic (exact) mass is 285 g/mol. The van der Waals surface area contributed by atoms with Crippen molar-refractivity contribution < 1.29 is 14.3 Å². The number of hydrogen-bond acceptors (Lipinski definition) is 4. The van der Waals surface area contributed by atoms with Crippen LogP contribution in [0.4, 0.5) is 0 Å². The Labute approximate surface area is 102 Å². The number of esters is 1. The molecule has 0 fully saturated rings. The first kappa shape index (κ1) is 12.7. The van der Waals surface area contributed by atoms with Crippen LogP contribution in [-0.4, -0.2) is 19.0 Å². The molecule has 0 radical (unpaired) electrons. The maximum absolute atomic E-state index is 10.9. The predicted octanol–water partition coefficient (Wildman–Crippen LogP) is 2.25. The molecule has 0 spiro atoms. The van der Waals surface area contributed by atoms with Crippen molar-refractivity contribution in [1.82, 2.24) is 0 Å². The first-order valence-electron chi connectivity index (χ1n) is 4.61. The molecule has 0 bridgehead atoms. The Bertz CT molecular complexity index is 393. The SMILES string of the molecule is COC(=O)C(=N)OCc1ccccc1CBr. The van der Waals surface area contributed by atoms with Crippen LogP contribution in [0.1, 0.15) is 11.1 Å². The lowest BCUT2D eigenvalue weighted by Crippen LogP contribution is -2.18. The molecular formula is C11H12BrNO3. The van der Waals surface area contributed by atoms with E-state index < -0.39 is 11.9 Å². The molecule has 0 aliphatic heterocycles. The van der Waals surface area contributed by atoms with Crippen molar-refractivity contribution in [3.8, 4) is 0 Å². The summed E-state index contributed by atoms with van der Waals surface area (Å²) >= 11 is 3.36. The third-order valence-electron chi connectivity index (χ3n) is 2.01. The van der Waals surface area contributed by atoms with E-state index in [1.54, 1.807) is 0 Å². The van der Waals surface area contributed by atoms with Crippen molar-refractivity contribution in [2.45, 2.75) is 11.9 Å². The van der Waals surface area contributed by atoms with Crippen LogP contribution in [0.15, 0.2) is 24.3 Å². The number of benzene rings is 1. The zero-order valence-corrected chi connectivity index (χ0v) is 10.4. The third kappa shape index (κ3) is 3.34. The molecule has 0 atom stereocenters. The van der Waals surface area contributed by atoms with Crippen LogP contribution >= 0.6 is 15.9 Å². The second kappa shape index (κ2) is 6.27. The fraction of sp³-hybridized carbons (Fsp3) is 0.273. The van der Waals surface area contributed by atoms with Gasteiger partial charge in [-0.25, -0.2) is 4.79 Å². The topological polar surface area (TPSA) is 59.4 Å². The Balaban J connectivity index is 2.61. The minimum Gasteiger partial charge on any atom is -0.468 e. The first-order chi connectivity index (χ1) is 7.69. The highest BCUT2D eigenvalue weighted by atomic mass is 79.9. The van der Waals surface area contributed by atoms with Gasteiger partial charge in [0.2, 0.25) is 0 Å². The molecule has 1 aromatic carbocycles. The maximum Gasteiger partial charge on any atom is 0.393 e. The van der Waals surface area contributed by atoms with Crippen LogP contribution in [0.2, 0.25) is 0 Å². The van der Waals surface area contributed by atoms with Gasteiger partial charge in [-0.3, -0.25) is 5.41 Å². The Morgan fingerprint density at radius 1 is 1.38 bits per heavy atom. The summed E-state index contributed by atoms with van der Waals surface area (Å²) in [6.07, 6.45) is 0. The Morgan fingerprint density at radius 2 is 2.00 bits per heavy atom. The van der Waals surface area contributed by atoms with Crippen LogP contribution in [-0.2, 0) is 26.2 Å². The summed E-state index contributed by atoms with van der Waals surface area (Å²) in [5.74, 6) is -1.25. The van der Waals surface area contributed by atoms with Crippen molar-refractivity contribution in [1.29, 1.82) is 5.41 Å². The lowest BCUT2D eigenvalue weighted by atomic mass is 10.1. The molecule has 0 unspecified atom stereocenters. The summed E-state index contributed by atoms with van der Waals surface area (Å²) in [5, 5.41) is 7.97. The Morgan fingerprint density at radius 3 is 2.56 bits per heavy atom. The van der Waals surface area contributed by atoms with E-state index >= 15 is 0 Å². The van der Waals surface area contributed by atoms with Crippen LogP contribution in [0.5, 0.6) is 0 Å². The van der Waals surface area contributed by atoms with Crippen LogP contribution < -0.4 is 0 Å². The number of ether oxygens (including phenoxy) is 2. The van der Waals surface area contributed by atoms with Crippen LogP contribution in [0.3, 0.4) is 0 Å². The lowest BCUT2D eigenvalue weighted by Gasteiger charge is -2.08. The predicted molar refractivity (Wildman–Crippen MR) is 63.6 cm³/mol. The van der Waals surface area contributed by atoms with E-state index in [1.807, 2.05) is 24.3 Å². The minimum atomic E-state index is -0.767. The molecular weight excluding hydrogens is 274 g/mol. The summed E-state index contributed by atoms with van der Waals surface area (Å²) in [4.78, 5) is 10.9. The summed E-state index contributed by atoms with van der Waals surface area (Å²) in [5.41, 5.74) is 2.01. The van der Waals surface area contributed by atoms with Crippen molar-refractivity contribution in [3.63, 3.8) is 0 Å². The molecule has 16 heavy (non-hydrogen) atoms. The third-order valence-corrected chi connectivity index (χ3v) is 2.61. The number of carbonyl (C=O) groups is 1. The van der Waals surface area contributed by atoms with Gasteiger partial charge in [0.15, 0.2) is 0 Å². The van der Waals surface area contributed by atoms with Gasteiger partial charge >= 0.3 is 5.97 Å². The van der Waals surface area contributed by atoms with Crippen molar-refractivity contribution >= 4 is 27.8 Å². The zero-order chi connectivity index (χ0) is 12.0. The van der Waals surface area contributed by atoms with E-state index in [1.165, 1.54) is 7.11 Å². The van der Waals surface area contributed by atoms with Gasteiger partial charge in [0.1, 0.15) is 6.61 Å². The number of methoxy groups -OCH3 is 1. The van der Waals surface area contributed by atoms with Gasteiger partial charge in [-0.15, -0.1) is 0 Å². The summed E-state index contributed by atoms with van der Waals surface area (Å²) in [7, 11) is 1.21. The van der Waals surface area contributed by atoms with Gasteiger partial charge in [0.05, 0.1) is 7.11 Å². The molecule has 0 heterocycles. The average Bonchev–Trinajstić information content (AvgIpc) is 2.35. The summed E-state index contributed by atoms with van der Waals surface area (Å²) in [6.45, 7) is 0.190. The van der Waals surface area contributed by atoms with Crippen molar-refractivity contribution in [2.24, 2.45) is 0 Å². The van der Waals surface area contributed by atoms with E-state index in [-0.39, 0.29) is 6.61 Å². The van der Waals surface area contributed by atoms with Crippen molar-refractivity contribution in [2.75, 3.05) is 7.11 Å². The number of nitrogens with one attached hydrogen (secondary N) is 1. The van der Waals surface area contributed by atoms with Gasteiger partial charge < -0.3 is 9.47 Å². The smallest absolute Gasteiger partial charge is 0.393 e. The molecule has 0 amide bonds. The second-order valence-corrected chi connectivity index (χ2v) is 3.57. The molecule has 4 nitrogen and oxygen atoms in total. The lowest BCUT2D eigenvalue weighted by molar-refractivity contribution is -0.134.